The van der Waals surface area contributed by atoms with Crippen LogP contribution in [0.2, 0.25) is 0 Å². The second kappa shape index (κ2) is 11.6. The average Bonchev–Trinajstić information content (AvgIpc) is 2.49. The van der Waals surface area contributed by atoms with Crippen LogP contribution in [-0.4, -0.2) is 74.9 Å². The van der Waals surface area contributed by atoms with Crippen molar-refractivity contribution in [3.05, 3.63) is 12.7 Å². The fourth-order valence-corrected chi connectivity index (χ4v) is 3.05. The van der Waals surface area contributed by atoms with E-state index in [0.717, 1.165) is 0 Å². The number of aliphatic hydroxyl groups is 4. The molecule has 4 N–H and O–H groups in total. The quantitative estimate of drug-likeness (QED) is 0.0607. The molecule has 13 heteroatoms. The molecular formula is C11H18KNO9S2. The largest absolute Gasteiger partial charge is 1.00 e. The van der Waals surface area contributed by atoms with Gasteiger partial charge < -0.3 is 29.7 Å². The van der Waals surface area contributed by atoms with Gasteiger partial charge in [-0.3, -0.25) is 4.28 Å². The van der Waals surface area contributed by atoms with E-state index in [9.17, 15) is 28.3 Å². The fourth-order valence-electron chi connectivity index (χ4n) is 1.74. The Morgan fingerprint density at radius 1 is 1.33 bits per heavy atom. The minimum absolute atomic E-state index is 0. The molecule has 0 aromatic carbocycles. The molecule has 0 saturated carbocycles. The van der Waals surface area contributed by atoms with Crippen molar-refractivity contribution in [2.24, 2.45) is 5.16 Å². The van der Waals surface area contributed by atoms with E-state index in [-0.39, 0.29) is 62.8 Å². The monoisotopic (exact) mass is 411 g/mol. The number of rotatable bonds is 7. The number of nitrogens with zero attached hydrogens (tertiary/aromatic N) is 1. The van der Waals surface area contributed by atoms with Gasteiger partial charge in [-0.1, -0.05) is 23.0 Å². The summed E-state index contributed by atoms with van der Waals surface area (Å²) in [5.74, 6) is 0. The molecule has 0 bridgehead atoms. The zero-order valence-corrected chi connectivity index (χ0v) is 17.6. The van der Waals surface area contributed by atoms with E-state index >= 15 is 0 Å². The molecule has 1 aliphatic heterocycles. The minimum Gasteiger partial charge on any atom is -0.714 e. The molecule has 0 aliphatic carbocycles. The van der Waals surface area contributed by atoms with E-state index in [0.29, 0.717) is 18.2 Å². The molecule has 1 aliphatic rings. The second-order valence-corrected chi connectivity index (χ2v) is 6.75. The molecule has 0 spiro atoms. The van der Waals surface area contributed by atoms with Gasteiger partial charge in [-0.15, -0.1) is 6.58 Å². The van der Waals surface area contributed by atoms with Crippen molar-refractivity contribution >= 4 is 27.2 Å². The number of hydrogen-bond donors (Lipinski definition) is 4. The van der Waals surface area contributed by atoms with Gasteiger partial charge in [-0.2, -0.15) is 8.42 Å². The Bertz CT molecular complexity index is 528. The number of thioether (sulfide) groups is 1. The average molecular weight is 411 g/mol. The third-order valence-electron chi connectivity index (χ3n) is 2.89. The Balaban J connectivity index is 0.00000529. The van der Waals surface area contributed by atoms with E-state index < -0.39 is 46.9 Å². The predicted molar refractivity (Wildman–Crippen MR) is 79.0 cm³/mol. The second-order valence-electron chi connectivity index (χ2n) is 4.61. The summed E-state index contributed by atoms with van der Waals surface area (Å²) in [4.78, 5) is 0. The van der Waals surface area contributed by atoms with Gasteiger partial charge in [0.15, 0.2) is 0 Å². The van der Waals surface area contributed by atoms with Crippen LogP contribution >= 0.6 is 11.8 Å². The molecule has 10 nitrogen and oxygen atoms in total. The number of aliphatic hydroxyl groups excluding tert-OH is 4. The van der Waals surface area contributed by atoms with Gasteiger partial charge in [0, 0.05) is 6.42 Å². The van der Waals surface area contributed by atoms with E-state index in [1.165, 1.54) is 6.08 Å². The molecule has 1 fully saturated rings. The summed E-state index contributed by atoms with van der Waals surface area (Å²) in [7, 11) is -5.04. The van der Waals surface area contributed by atoms with E-state index in [2.05, 4.69) is 16.0 Å². The zero-order valence-electron chi connectivity index (χ0n) is 12.9. The Morgan fingerprint density at radius 3 is 2.46 bits per heavy atom. The fraction of sp³-hybridized carbons (Fsp3) is 0.727. The van der Waals surface area contributed by atoms with Crippen LogP contribution in [0.25, 0.3) is 0 Å². The van der Waals surface area contributed by atoms with Crippen molar-refractivity contribution in [1.29, 1.82) is 0 Å². The van der Waals surface area contributed by atoms with Crippen molar-refractivity contribution in [3.8, 4) is 0 Å². The SMILES string of the molecule is C=CCCC(=NOS(=O)(=O)[O-])S[C@@H]1O[C@H](CO)[C@@H](O)[C@H](O)[C@H]1O.[K+]. The first-order valence-electron chi connectivity index (χ1n) is 6.49. The maximum absolute atomic E-state index is 10.5. The van der Waals surface area contributed by atoms with Gasteiger partial charge >= 0.3 is 51.4 Å². The topological polar surface area (TPSA) is 169 Å². The predicted octanol–water partition coefficient (Wildman–Crippen LogP) is -4.72. The van der Waals surface area contributed by atoms with Crippen LogP contribution < -0.4 is 51.4 Å². The third kappa shape index (κ3) is 8.07. The Labute approximate surface area is 186 Å². The van der Waals surface area contributed by atoms with Crippen LogP contribution in [0.1, 0.15) is 12.8 Å². The maximum Gasteiger partial charge on any atom is 1.00 e. The molecule has 1 rings (SSSR count). The third-order valence-corrected chi connectivity index (χ3v) is 4.32. The van der Waals surface area contributed by atoms with Crippen LogP contribution in [0.4, 0.5) is 0 Å². The maximum atomic E-state index is 10.5. The summed E-state index contributed by atoms with van der Waals surface area (Å²) in [5, 5.41) is 41.5. The van der Waals surface area contributed by atoms with Gasteiger partial charge in [-0.05, 0) is 6.42 Å². The van der Waals surface area contributed by atoms with Crippen LogP contribution in [0, 0.1) is 0 Å². The van der Waals surface area contributed by atoms with Crippen molar-refractivity contribution in [1.82, 2.24) is 0 Å². The molecule has 0 aromatic heterocycles. The van der Waals surface area contributed by atoms with Gasteiger partial charge in [0.2, 0.25) is 0 Å². The van der Waals surface area contributed by atoms with E-state index in [1.54, 1.807) is 0 Å². The summed E-state index contributed by atoms with van der Waals surface area (Å²) >= 11 is 0.699. The molecular weight excluding hydrogens is 393 g/mol. The van der Waals surface area contributed by atoms with Crippen LogP contribution in [0.5, 0.6) is 0 Å². The Kier molecular flexibility index (Phi) is 12.0. The summed E-state index contributed by atoms with van der Waals surface area (Å²) in [6.45, 7) is 2.87. The van der Waals surface area contributed by atoms with Crippen LogP contribution in [0.15, 0.2) is 17.8 Å². The molecule has 0 amide bonds. The summed E-state index contributed by atoms with van der Waals surface area (Å²) in [5.41, 5.74) is -1.16. The first-order valence-corrected chi connectivity index (χ1v) is 8.70. The summed E-state index contributed by atoms with van der Waals surface area (Å²) in [6, 6.07) is 0. The van der Waals surface area contributed by atoms with Gasteiger partial charge in [0.25, 0.3) is 10.4 Å². The normalized spacial score (nSPS) is 31.2. The molecule has 134 valence electrons. The molecule has 5 atom stereocenters. The van der Waals surface area contributed by atoms with Crippen LogP contribution in [-0.2, 0) is 19.4 Å². The zero-order chi connectivity index (χ0) is 17.6. The van der Waals surface area contributed by atoms with Crippen molar-refractivity contribution < 1.29 is 93.8 Å². The first-order chi connectivity index (χ1) is 10.7. The molecule has 0 unspecified atom stereocenters. The van der Waals surface area contributed by atoms with Gasteiger partial charge in [0.05, 0.1) is 6.61 Å². The molecule has 1 heterocycles. The Hall–Kier alpha value is 0.906. The summed E-state index contributed by atoms with van der Waals surface area (Å²) < 4.78 is 40.4. The van der Waals surface area contributed by atoms with E-state index in [4.69, 9.17) is 9.84 Å². The molecule has 0 aromatic rings. The summed E-state index contributed by atoms with van der Waals surface area (Å²) in [6.07, 6.45) is -3.73. The number of oxime groups is 1. The first kappa shape index (κ1) is 24.9. The van der Waals surface area contributed by atoms with Crippen molar-refractivity contribution in [2.45, 2.75) is 42.7 Å². The standard InChI is InChI=1S/C11H19NO9S2.K/c1-2-3-4-7(12-21-23(17,18)19)22-11-10(16)9(15)8(14)6(5-13)20-11;/h2,6,8-11,13-16H,1,3-5H2,(H,17,18,19);/q;+1/p-1/t6-,8-,9+,10-,11+;/m1./s1. The Morgan fingerprint density at radius 2 is 1.96 bits per heavy atom. The molecule has 1 saturated heterocycles. The van der Waals surface area contributed by atoms with E-state index in [1.807, 2.05) is 0 Å². The smallest absolute Gasteiger partial charge is 0.714 e. The molecule has 24 heavy (non-hydrogen) atoms. The van der Waals surface area contributed by atoms with Crippen molar-refractivity contribution in [3.63, 3.8) is 0 Å². The van der Waals surface area contributed by atoms with Gasteiger partial charge in [-0.25, -0.2) is 0 Å². The molecule has 0 radical (unpaired) electrons. The number of ether oxygens (including phenoxy) is 1. The van der Waals surface area contributed by atoms with Gasteiger partial charge in [0.1, 0.15) is 34.9 Å². The van der Waals surface area contributed by atoms with Crippen molar-refractivity contribution in [2.75, 3.05) is 6.61 Å². The minimum atomic E-state index is -5.04. The number of allylic oxidation sites excluding steroid dienone is 1. The van der Waals surface area contributed by atoms with Crippen LogP contribution in [0.3, 0.4) is 0 Å². The number of hydrogen-bond acceptors (Lipinski definition) is 11.